The summed E-state index contributed by atoms with van der Waals surface area (Å²) < 4.78 is 29.0. The topological polar surface area (TPSA) is 98.5 Å². The van der Waals surface area contributed by atoms with Crippen molar-refractivity contribution in [1.29, 1.82) is 0 Å². The molecule has 2 aliphatic heterocycles. The third-order valence-electron chi connectivity index (χ3n) is 5.63. The van der Waals surface area contributed by atoms with Gasteiger partial charge in [-0.1, -0.05) is 13.8 Å². The van der Waals surface area contributed by atoms with E-state index in [4.69, 9.17) is 10.5 Å². The van der Waals surface area contributed by atoms with Crippen molar-refractivity contribution in [1.82, 2.24) is 5.32 Å². The minimum absolute atomic E-state index is 0.0276. The lowest BCUT2D eigenvalue weighted by atomic mass is 9.48. The highest BCUT2D eigenvalue weighted by Crippen LogP contribution is 2.58. The molecule has 2 heterocycles. The molecule has 2 saturated heterocycles. The number of carbonyl (C=O) groups excluding carboxylic acids is 1. The number of nitrogens with two attached hydrogens (primary N) is 1. The average Bonchev–Trinajstić information content (AvgIpc) is 2.84. The summed E-state index contributed by atoms with van der Waals surface area (Å²) >= 11 is 0. The zero-order valence-electron chi connectivity index (χ0n) is 12.6. The van der Waals surface area contributed by atoms with Gasteiger partial charge in [-0.25, -0.2) is 8.42 Å². The molecule has 0 bridgehead atoms. The molecular weight excluding hydrogens is 292 g/mol. The standard InChI is InChI=1S/C14H24N2O4S/c1-13(2)11-10(5-6-20-11)14(13,15)12(17)16-9-4-3-7-21(18,19)8-9/h9-11H,3-8,15H2,1-2H3,(H,16,17). The zero-order chi connectivity index (χ0) is 15.5. The Morgan fingerprint density at radius 1 is 1.33 bits per heavy atom. The molecule has 3 fully saturated rings. The minimum Gasteiger partial charge on any atom is -0.377 e. The Bertz CT molecular complexity index is 559. The third-order valence-corrected chi connectivity index (χ3v) is 7.45. The number of fused-ring (bicyclic) bond motifs is 1. The van der Waals surface area contributed by atoms with Gasteiger partial charge < -0.3 is 15.8 Å². The molecule has 0 aromatic carbocycles. The largest absolute Gasteiger partial charge is 0.377 e. The predicted octanol–water partition coefficient (Wildman–Crippen LogP) is -0.178. The minimum atomic E-state index is -3.04. The van der Waals surface area contributed by atoms with Crippen LogP contribution in [0.4, 0.5) is 0 Å². The molecule has 120 valence electrons. The Labute approximate surface area is 125 Å². The molecule has 4 atom stereocenters. The first-order valence-corrected chi connectivity index (χ1v) is 9.42. The van der Waals surface area contributed by atoms with Crippen LogP contribution in [-0.4, -0.2) is 50.1 Å². The fourth-order valence-corrected chi connectivity index (χ4v) is 5.92. The molecule has 0 radical (unpaired) electrons. The Morgan fingerprint density at radius 2 is 2.05 bits per heavy atom. The van der Waals surface area contributed by atoms with E-state index in [-0.39, 0.29) is 35.5 Å². The van der Waals surface area contributed by atoms with Crippen LogP contribution in [0.2, 0.25) is 0 Å². The molecule has 6 nitrogen and oxygen atoms in total. The monoisotopic (exact) mass is 316 g/mol. The van der Waals surface area contributed by atoms with Crippen molar-refractivity contribution in [2.75, 3.05) is 18.1 Å². The Kier molecular flexibility index (Phi) is 3.39. The summed E-state index contributed by atoms with van der Waals surface area (Å²) in [6, 6.07) is -0.311. The second kappa shape index (κ2) is 4.67. The van der Waals surface area contributed by atoms with E-state index in [0.29, 0.717) is 19.4 Å². The first kappa shape index (κ1) is 15.2. The highest BCUT2D eigenvalue weighted by Gasteiger charge is 2.71. The molecule has 1 aliphatic carbocycles. The highest BCUT2D eigenvalue weighted by molar-refractivity contribution is 7.91. The zero-order valence-corrected chi connectivity index (χ0v) is 13.4. The molecular formula is C14H24N2O4S. The van der Waals surface area contributed by atoms with Gasteiger partial charge in [-0.05, 0) is 19.3 Å². The molecule has 1 amide bonds. The number of nitrogens with one attached hydrogen (secondary N) is 1. The fourth-order valence-electron chi connectivity index (χ4n) is 4.29. The van der Waals surface area contributed by atoms with Crippen molar-refractivity contribution in [2.45, 2.75) is 50.8 Å². The van der Waals surface area contributed by atoms with Gasteiger partial charge in [0, 0.05) is 24.0 Å². The molecule has 21 heavy (non-hydrogen) atoms. The van der Waals surface area contributed by atoms with E-state index in [0.717, 1.165) is 6.42 Å². The van der Waals surface area contributed by atoms with E-state index in [1.165, 1.54) is 0 Å². The van der Waals surface area contributed by atoms with Gasteiger partial charge in [0.15, 0.2) is 9.84 Å². The van der Waals surface area contributed by atoms with E-state index in [1.807, 2.05) is 13.8 Å². The smallest absolute Gasteiger partial charge is 0.241 e. The van der Waals surface area contributed by atoms with Crippen LogP contribution < -0.4 is 11.1 Å². The number of ether oxygens (including phenoxy) is 1. The summed E-state index contributed by atoms with van der Waals surface area (Å²) in [7, 11) is -3.04. The van der Waals surface area contributed by atoms with Crippen molar-refractivity contribution in [3.63, 3.8) is 0 Å². The lowest BCUT2D eigenvalue weighted by Gasteiger charge is -2.60. The summed E-state index contributed by atoms with van der Waals surface area (Å²) in [6.45, 7) is 4.55. The van der Waals surface area contributed by atoms with Crippen LogP contribution in [0.15, 0.2) is 0 Å². The van der Waals surface area contributed by atoms with E-state index in [2.05, 4.69) is 5.32 Å². The first-order valence-electron chi connectivity index (χ1n) is 7.60. The van der Waals surface area contributed by atoms with Gasteiger partial charge >= 0.3 is 0 Å². The summed E-state index contributed by atoms with van der Waals surface area (Å²) in [5.74, 6) is 0.0610. The lowest BCUT2D eigenvalue weighted by molar-refractivity contribution is -0.175. The van der Waals surface area contributed by atoms with E-state index < -0.39 is 20.8 Å². The van der Waals surface area contributed by atoms with Crippen molar-refractivity contribution < 1.29 is 17.9 Å². The third kappa shape index (κ3) is 2.12. The van der Waals surface area contributed by atoms with E-state index in [9.17, 15) is 13.2 Å². The normalized spacial score (nSPS) is 43.7. The number of carbonyl (C=O) groups is 1. The van der Waals surface area contributed by atoms with Crippen molar-refractivity contribution in [2.24, 2.45) is 17.1 Å². The number of sulfone groups is 1. The van der Waals surface area contributed by atoms with Gasteiger partial charge in [0.25, 0.3) is 0 Å². The van der Waals surface area contributed by atoms with Gasteiger partial charge in [0.05, 0.1) is 17.6 Å². The summed E-state index contributed by atoms with van der Waals surface area (Å²) in [4.78, 5) is 12.7. The van der Waals surface area contributed by atoms with Crippen LogP contribution in [-0.2, 0) is 19.4 Å². The molecule has 3 rings (SSSR count). The van der Waals surface area contributed by atoms with Gasteiger partial charge in [0.1, 0.15) is 5.54 Å². The molecule has 0 aromatic rings. The highest BCUT2D eigenvalue weighted by atomic mass is 32.2. The summed E-state index contributed by atoms with van der Waals surface area (Å²) in [5, 5.41) is 2.89. The van der Waals surface area contributed by atoms with Gasteiger partial charge in [-0.2, -0.15) is 0 Å². The molecule has 3 aliphatic rings. The van der Waals surface area contributed by atoms with E-state index in [1.54, 1.807) is 0 Å². The average molecular weight is 316 g/mol. The SMILES string of the molecule is CC1(C)C2OCCC2C1(N)C(=O)NC1CCCS(=O)(=O)C1. The van der Waals surface area contributed by atoms with Crippen molar-refractivity contribution in [3.05, 3.63) is 0 Å². The van der Waals surface area contributed by atoms with Crippen molar-refractivity contribution in [3.8, 4) is 0 Å². The lowest BCUT2D eigenvalue weighted by Crippen LogP contribution is -2.80. The maximum atomic E-state index is 12.7. The maximum Gasteiger partial charge on any atom is 0.241 e. The second-order valence-corrected chi connectivity index (χ2v) is 9.43. The number of rotatable bonds is 2. The Morgan fingerprint density at radius 3 is 2.71 bits per heavy atom. The maximum absolute atomic E-state index is 12.7. The van der Waals surface area contributed by atoms with E-state index >= 15 is 0 Å². The Balaban J connectivity index is 1.73. The van der Waals surface area contributed by atoms with Crippen LogP contribution in [0.5, 0.6) is 0 Å². The van der Waals surface area contributed by atoms with Crippen LogP contribution in [0.25, 0.3) is 0 Å². The molecule has 0 aromatic heterocycles. The Hall–Kier alpha value is -0.660. The summed E-state index contributed by atoms with van der Waals surface area (Å²) in [5.41, 5.74) is 5.06. The molecule has 3 N–H and O–H groups in total. The van der Waals surface area contributed by atoms with Gasteiger partial charge in [-0.15, -0.1) is 0 Å². The quantitative estimate of drug-likeness (QED) is 0.736. The van der Waals surface area contributed by atoms with Crippen molar-refractivity contribution >= 4 is 15.7 Å². The predicted molar refractivity (Wildman–Crippen MR) is 78.4 cm³/mol. The molecule has 4 unspecified atom stereocenters. The first-order chi connectivity index (χ1) is 9.68. The van der Waals surface area contributed by atoms with Crippen LogP contribution in [0.1, 0.15) is 33.1 Å². The summed E-state index contributed by atoms with van der Waals surface area (Å²) in [6.07, 6.45) is 2.12. The second-order valence-electron chi connectivity index (χ2n) is 7.20. The number of hydrogen-bond donors (Lipinski definition) is 2. The van der Waals surface area contributed by atoms with Gasteiger partial charge in [0.2, 0.25) is 5.91 Å². The number of amides is 1. The molecule has 1 saturated carbocycles. The molecule has 0 spiro atoms. The van der Waals surface area contributed by atoms with Crippen LogP contribution in [0, 0.1) is 11.3 Å². The fraction of sp³-hybridized carbons (Fsp3) is 0.929. The van der Waals surface area contributed by atoms with Crippen LogP contribution in [0.3, 0.4) is 0 Å². The van der Waals surface area contributed by atoms with Crippen LogP contribution >= 0.6 is 0 Å². The van der Waals surface area contributed by atoms with Gasteiger partial charge in [-0.3, -0.25) is 4.79 Å². The number of hydrogen-bond acceptors (Lipinski definition) is 5. The molecule has 7 heteroatoms.